The van der Waals surface area contributed by atoms with Crippen LogP contribution in [0.25, 0.3) is 11.4 Å². The second-order valence-electron chi connectivity index (χ2n) is 7.12. The normalized spacial score (nSPS) is 15.0. The van der Waals surface area contributed by atoms with Gasteiger partial charge in [0.15, 0.2) is 17.4 Å². The van der Waals surface area contributed by atoms with Gasteiger partial charge in [-0.25, -0.2) is 9.37 Å². The first-order valence-electron chi connectivity index (χ1n) is 9.18. The molecule has 6 nitrogen and oxygen atoms in total. The number of halogens is 2. The molecule has 1 fully saturated rings. The lowest BCUT2D eigenvalue weighted by atomic mass is 9.96. The van der Waals surface area contributed by atoms with Gasteiger partial charge in [0.25, 0.3) is 0 Å². The Morgan fingerprint density at radius 3 is 2.71 bits per heavy atom. The summed E-state index contributed by atoms with van der Waals surface area (Å²) in [4.78, 5) is 19.5. The predicted molar refractivity (Wildman–Crippen MR) is 102 cm³/mol. The molecule has 2 aromatic rings. The Morgan fingerprint density at radius 1 is 1.36 bits per heavy atom. The molecule has 150 valence electrons. The van der Waals surface area contributed by atoms with Crippen molar-refractivity contribution in [2.75, 3.05) is 6.61 Å². The van der Waals surface area contributed by atoms with Gasteiger partial charge in [0, 0.05) is 23.2 Å². The van der Waals surface area contributed by atoms with E-state index in [1.54, 1.807) is 13.0 Å². The Morgan fingerprint density at radius 2 is 2.11 bits per heavy atom. The van der Waals surface area contributed by atoms with Crippen LogP contribution in [0.4, 0.5) is 4.39 Å². The third-order valence-corrected chi connectivity index (χ3v) is 4.74. The average Bonchev–Trinajstić information content (AvgIpc) is 2.56. The van der Waals surface area contributed by atoms with E-state index in [2.05, 4.69) is 9.97 Å². The molecule has 28 heavy (non-hydrogen) atoms. The molecule has 1 unspecified atom stereocenters. The fourth-order valence-electron chi connectivity index (χ4n) is 2.80. The topological polar surface area (TPSA) is 81.5 Å². The number of aromatic nitrogens is 2. The summed E-state index contributed by atoms with van der Waals surface area (Å²) in [5.41, 5.74) is 1.12. The molecule has 0 radical (unpaired) electrons. The quantitative estimate of drug-likeness (QED) is 0.683. The van der Waals surface area contributed by atoms with Crippen molar-refractivity contribution >= 4 is 17.6 Å². The first-order valence-corrected chi connectivity index (χ1v) is 9.56. The molecule has 1 saturated carbocycles. The molecule has 1 aliphatic rings. The first-order chi connectivity index (χ1) is 13.3. The van der Waals surface area contributed by atoms with E-state index in [0.29, 0.717) is 23.0 Å². The van der Waals surface area contributed by atoms with E-state index in [9.17, 15) is 9.18 Å². The van der Waals surface area contributed by atoms with Crippen molar-refractivity contribution in [2.24, 2.45) is 5.92 Å². The predicted octanol–water partition coefficient (Wildman–Crippen LogP) is 4.67. The molecule has 0 aliphatic heterocycles. The van der Waals surface area contributed by atoms with Gasteiger partial charge in [0.2, 0.25) is 5.88 Å². The van der Waals surface area contributed by atoms with E-state index >= 15 is 0 Å². The van der Waals surface area contributed by atoms with Crippen molar-refractivity contribution in [3.8, 4) is 23.0 Å². The molecule has 0 spiro atoms. The summed E-state index contributed by atoms with van der Waals surface area (Å²) < 4.78 is 25.8. The Bertz CT molecular complexity index is 850. The summed E-state index contributed by atoms with van der Waals surface area (Å²) in [5, 5.41) is 8.86. The monoisotopic (exact) mass is 408 g/mol. The van der Waals surface area contributed by atoms with E-state index in [1.807, 2.05) is 6.92 Å². The number of carbonyl (C=O) groups is 1. The molecule has 0 bridgehead atoms. The summed E-state index contributed by atoms with van der Waals surface area (Å²) in [7, 11) is 0. The number of nitrogens with zero attached hydrogens (tertiary/aromatic N) is 2. The zero-order valence-corrected chi connectivity index (χ0v) is 16.5. The smallest absolute Gasteiger partial charge is 0.303 e. The zero-order valence-electron chi connectivity index (χ0n) is 15.7. The van der Waals surface area contributed by atoms with Gasteiger partial charge in [-0.3, -0.25) is 4.79 Å². The van der Waals surface area contributed by atoms with Crippen LogP contribution in [0.3, 0.4) is 0 Å². The van der Waals surface area contributed by atoms with E-state index in [-0.39, 0.29) is 35.8 Å². The van der Waals surface area contributed by atoms with Crippen molar-refractivity contribution < 1.29 is 23.8 Å². The number of ether oxygens (including phenoxy) is 2. The maximum absolute atomic E-state index is 14.6. The van der Waals surface area contributed by atoms with Crippen LogP contribution in [-0.2, 0) is 4.79 Å². The Kier molecular flexibility index (Phi) is 6.34. The van der Waals surface area contributed by atoms with Crippen LogP contribution >= 0.6 is 11.6 Å². The lowest BCUT2D eigenvalue weighted by Gasteiger charge is -2.25. The van der Waals surface area contributed by atoms with Crippen molar-refractivity contribution in [3.63, 3.8) is 0 Å². The number of hydrogen-bond donors (Lipinski definition) is 1. The van der Waals surface area contributed by atoms with Crippen molar-refractivity contribution in [1.29, 1.82) is 0 Å². The van der Waals surface area contributed by atoms with Crippen LogP contribution in [0.5, 0.6) is 11.6 Å². The van der Waals surface area contributed by atoms with Gasteiger partial charge >= 0.3 is 5.97 Å². The van der Waals surface area contributed by atoms with Gasteiger partial charge in [-0.05, 0) is 38.3 Å². The van der Waals surface area contributed by atoms with Crippen LogP contribution < -0.4 is 9.47 Å². The number of aliphatic carboxylic acids is 1. The second-order valence-corrected chi connectivity index (χ2v) is 7.53. The first kappa shape index (κ1) is 20.3. The van der Waals surface area contributed by atoms with Crippen LogP contribution in [0, 0.1) is 18.7 Å². The van der Waals surface area contributed by atoms with Crippen molar-refractivity contribution in [3.05, 3.63) is 34.7 Å². The maximum atomic E-state index is 14.6. The number of hydrogen-bond acceptors (Lipinski definition) is 5. The minimum Gasteiger partial charge on any atom is -0.489 e. The van der Waals surface area contributed by atoms with Gasteiger partial charge in [0.05, 0.1) is 18.1 Å². The molecule has 1 aromatic heterocycles. The third-order valence-electron chi connectivity index (χ3n) is 4.46. The van der Waals surface area contributed by atoms with Crippen LogP contribution in [0.2, 0.25) is 5.02 Å². The van der Waals surface area contributed by atoms with Crippen molar-refractivity contribution in [2.45, 2.75) is 45.6 Å². The lowest BCUT2D eigenvalue weighted by Crippen LogP contribution is -2.25. The standard InChI is InChI=1S/C20H22ClFN2O4/c1-11(6-18(25)26)10-27-19-15(21)8-13(9-16(19)22)20-23-12(2)7-17(24-20)28-14-4-3-5-14/h7-9,11,14H,3-6,10H2,1-2H3,(H,25,26). The molecule has 1 heterocycles. The summed E-state index contributed by atoms with van der Waals surface area (Å²) in [6, 6.07) is 4.54. The Labute approximate surface area is 167 Å². The van der Waals surface area contributed by atoms with Gasteiger partial charge in [-0.15, -0.1) is 0 Å². The molecule has 3 rings (SSSR count). The summed E-state index contributed by atoms with van der Waals surface area (Å²) >= 11 is 6.20. The van der Waals surface area contributed by atoms with E-state index < -0.39 is 11.8 Å². The maximum Gasteiger partial charge on any atom is 0.303 e. The zero-order chi connectivity index (χ0) is 20.3. The molecule has 1 aliphatic carbocycles. The highest BCUT2D eigenvalue weighted by Gasteiger charge is 2.21. The van der Waals surface area contributed by atoms with E-state index in [0.717, 1.165) is 19.3 Å². The molecule has 8 heteroatoms. The van der Waals surface area contributed by atoms with Crippen LogP contribution in [0.15, 0.2) is 18.2 Å². The minimum atomic E-state index is -0.936. The minimum absolute atomic E-state index is 0.0443. The van der Waals surface area contributed by atoms with Crippen LogP contribution in [0.1, 0.15) is 38.3 Å². The molecule has 1 N–H and O–H groups in total. The van der Waals surface area contributed by atoms with Gasteiger partial charge < -0.3 is 14.6 Å². The van der Waals surface area contributed by atoms with Gasteiger partial charge in [-0.1, -0.05) is 18.5 Å². The Hall–Kier alpha value is -2.41. The molecule has 1 aromatic carbocycles. The largest absolute Gasteiger partial charge is 0.489 e. The summed E-state index contributed by atoms with van der Waals surface area (Å²) in [6.07, 6.45) is 3.26. The fraction of sp³-hybridized carbons (Fsp3) is 0.450. The highest BCUT2D eigenvalue weighted by molar-refractivity contribution is 6.32. The second kappa shape index (κ2) is 8.73. The molecule has 1 atom stereocenters. The Balaban J connectivity index is 1.79. The number of carboxylic acids is 1. The van der Waals surface area contributed by atoms with Gasteiger partial charge in [0.1, 0.15) is 6.10 Å². The summed E-state index contributed by atoms with van der Waals surface area (Å²) in [6.45, 7) is 3.57. The highest BCUT2D eigenvalue weighted by atomic mass is 35.5. The van der Waals surface area contributed by atoms with Gasteiger partial charge in [-0.2, -0.15) is 4.98 Å². The summed E-state index contributed by atoms with van der Waals surface area (Å²) in [5.74, 6) is -1.20. The third kappa shape index (κ3) is 5.10. The van der Waals surface area contributed by atoms with Crippen molar-refractivity contribution in [1.82, 2.24) is 9.97 Å². The fourth-order valence-corrected chi connectivity index (χ4v) is 3.06. The number of aryl methyl sites for hydroxylation is 1. The highest BCUT2D eigenvalue weighted by Crippen LogP contribution is 2.34. The average molecular weight is 409 g/mol. The van der Waals surface area contributed by atoms with E-state index in [4.69, 9.17) is 26.2 Å². The number of carboxylic acid groups (broad SMARTS) is 1. The molecule has 0 amide bonds. The molecular formula is C20H22ClFN2O4. The number of rotatable bonds is 8. The number of benzene rings is 1. The lowest BCUT2D eigenvalue weighted by molar-refractivity contribution is -0.138. The molecular weight excluding hydrogens is 387 g/mol. The van der Waals surface area contributed by atoms with Crippen LogP contribution in [-0.4, -0.2) is 33.8 Å². The SMILES string of the molecule is Cc1cc(OC2CCC2)nc(-c2cc(F)c(OCC(C)CC(=O)O)c(Cl)c2)n1. The van der Waals surface area contributed by atoms with E-state index in [1.165, 1.54) is 12.1 Å². The molecule has 0 saturated heterocycles.